The summed E-state index contributed by atoms with van der Waals surface area (Å²) in [5.74, 6) is -0.261. The van der Waals surface area contributed by atoms with Gasteiger partial charge in [-0.1, -0.05) is 0 Å². The topological polar surface area (TPSA) is 41.6 Å². The number of nitrogens with zero attached hydrogens (tertiary/aromatic N) is 1. The van der Waals surface area contributed by atoms with E-state index in [0.29, 0.717) is 17.6 Å². The van der Waals surface area contributed by atoms with Crippen molar-refractivity contribution >= 4 is 11.7 Å². The molecule has 116 valence electrons. The van der Waals surface area contributed by atoms with Crippen molar-refractivity contribution in [2.45, 2.75) is 52.3 Å². The van der Waals surface area contributed by atoms with E-state index in [2.05, 4.69) is 24.1 Å². The molecule has 1 saturated heterocycles. The summed E-state index contributed by atoms with van der Waals surface area (Å²) in [5, 5.41) is 3.54. The number of likely N-dealkylation sites (tertiary alicyclic amines) is 1. The zero-order chi connectivity index (χ0) is 15.4. The SMILES string of the molecule is CC(C)OC(=O)c1ccc(NC2CCN(C(C)C)C2)cc1. The first-order valence-corrected chi connectivity index (χ1v) is 7.77. The van der Waals surface area contributed by atoms with E-state index in [1.807, 2.05) is 38.1 Å². The molecule has 1 aromatic carbocycles. The van der Waals surface area contributed by atoms with Gasteiger partial charge in [-0.3, -0.25) is 4.90 Å². The number of esters is 1. The quantitative estimate of drug-likeness (QED) is 0.846. The van der Waals surface area contributed by atoms with Gasteiger partial charge in [0.2, 0.25) is 0 Å². The van der Waals surface area contributed by atoms with Crippen LogP contribution < -0.4 is 5.32 Å². The van der Waals surface area contributed by atoms with Crippen molar-refractivity contribution in [1.29, 1.82) is 0 Å². The summed E-state index contributed by atoms with van der Waals surface area (Å²) in [6.07, 6.45) is 1.07. The Morgan fingerprint density at radius 1 is 1.24 bits per heavy atom. The molecule has 1 N–H and O–H groups in total. The molecule has 1 aliphatic rings. The maximum atomic E-state index is 11.8. The average Bonchev–Trinajstić information content (AvgIpc) is 2.87. The lowest BCUT2D eigenvalue weighted by atomic mass is 10.2. The Balaban J connectivity index is 1.90. The van der Waals surface area contributed by atoms with Gasteiger partial charge in [-0.05, 0) is 58.4 Å². The molecule has 21 heavy (non-hydrogen) atoms. The lowest BCUT2D eigenvalue weighted by molar-refractivity contribution is 0.0378. The Labute approximate surface area is 127 Å². The molecule has 0 spiro atoms. The van der Waals surface area contributed by atoms with Gasteiger partial charge in [0, 0.05) is 30.9 Å². The maximum absolute atomic E-state index is 11.8. The normalized spacial score (nSPS) is 19.2. The Morgan fingerprint density at radius 2 is 1.90 bits per heavy atom. The minimum absolute atomic E-state index is 0.0872. The van der Waals surface area contributed by atoms with Crippen LogP contribution in [-0.4, -0.2) is 42.1 Å². The third kappa shape index (κ3) is 4.46. The number of benzene rings is 1. The van der Waals surface area contributed by atoms with E-state index in [1.165, 1.54) is 0 Å². The fourth-order valence-corrected chi connectivity index (χ4v) is 2.59. The summed E-state index contributed by atoms with van der Waals surface area (Å²) >= 11 is 0. The Bertz CT molecular complexity index is 468. The van der Waals surface area contributed by atoms with Crippen LogP contribution in [0.5, 0.6) is 0 Å². The number of anilines is 1. The third-order valence-corrected chi connectivity index (χ3v) is 3.78. The Hall–Kier alpha value is -1.55. The van der Waals surface area contributed by atoms with E-state index >= 15 is 0 Å². The van der Waals surface area contributed by atoms with Gasteiger partial charge < -0.3 is 10.1 Å². The van der Waals surface area contributed by atoms with Crippen LogP contribution in [0.4, 0.5) is 5.69 Å². The van der Waals surface area contributed by atoms with E-state index in [9.17, 15) is 4.79 Å². The van der Waals surface area contributed by atoms with E-state index in [1.54, 1.807) is 0 Å². The summed E-state index contributed by atoms with van der Waals surface area (Å²) in [5.41, 5.74) is 1.66. The van der Waals surface area contributed by atoms with E-state index in [0.717, 1.165) is 25.2 Å². The van der Waals surface area contributed by atoms with Crippen LogP contribution in [0.3, 0.4) is 0 Å². The minimum Gasteiger partial charge on any atom is -0.459 e. The lowest BCUT2D eigenvalue weighted by Gasteiger charge is -2.21. The monoisotopic (exact) mass is 290 g/mol. The maximum Gasteiger partial charge on any atom is 0.338 e. The second-order valence-corrected chi connectivity index (χ2v) is 6.25. The molecular formula is C17H26N2O2. The second kappa shape index (κ2) is 6.94. The molecule has 0 bridgehead atoms. The predicted octanol–water partition coefficient (Wildman–Crippen LogP) is 3.15. The first kappa shape index (κ1) is 15.8. The molecule has 0 saturated carbocycles. The summed E-state index contributed by atoms with van der Waals surface area (Å²) in [6.45, 7) is 10.4. The van der Waals surface area contributed by atoms with Crippen molar-refractivity contribution in [2.75, 3.05) is 18.4 Å². The minimum atomic E-state index is -0.261. The summed E-state index contributed by atoms with van der Waals surface area (Å²) in [4.78, 5) is 14.3. The zero-order valence-electron chi connectivity index (χ0n) is 13.4. The molecule has 0 aromatic heterocycles. The first-order chi connectivity index (χ1) is 9.95. The molecular weight excluding hydrogens is 264 g/mol. The number of rotatable bonds is 5. The summed E-state index contributed by atoms with van der Waals surface area (Å²) in [6, 6.07) is 8.64. The van der Waals surface area contributed by atoms with Gasteiger partial charge in [0.05, 0.1) is 11.7 Å². The fraction of sp³-hybridized carbons (Fsp3) is 0.588. The molecule has 2 rings (SSSR count). The highest BCUT2D eigenvalue weighted by Gasteiger charge is 2.23. The molecule has 1 aliphatic heterocycles. The van der Waals surface area contributed by atoms with Gasteiger partial charge in [0.25, 0.3) is 0 Å². The van der Waals surface area contributed by atoms with Crippen LogP contribution in [0.25, 0.3) is 0 Å². The number of ether oxygens (including phenoxy) is 1. The lowest BCUT2D eigenvalue weighted by Crippen LogP contribution is -2.31. The summed E-state index contributed by atoms with van der Waals surface area (Å²) in [7, 11) is 0. The van der Waals surface area contributed by atoms with Crippen molar-refractivity contribution in [3.63, 3.8) is 0 Å². The first-order valence-electron chi connectivity index (χ1n) is 7.77. The van der Waals surface area contributed by atoms with Crippen LogP contribution in [0.15, 0.2) is 24.3 Å². The van der Waals surface area contributed by atoms with Crippen molar-refractivity contribution in [2.24, 2.45) is 0 Å². The standard InChI is InChI=1S/C17H26N2O2/c1-12(2)19-10-9-16(11-19)18-15-7-5-14(6-8-15)17(20)21-13(3)4/h5-8,12-13,16,18H,9-11H2,1-4H3. The number of nitrogens with one attached hydrogen (secondary N) is 1. The Kier molecular flexibility index (Phi) is 5.23. The molecule has 0 radical (unpaired) electrons. The zero-order valence-corrected chi connectivity index (χ0v) is 13.4. The number of carbonyl (C=O) groups excluding carboxylic acids is 1. The Morgan fingerprint density at radius 3 is 2.43 bits per heavy atom. The van der Waals surface area contributed by atoms with Crippen LogP contribution in [-0.2, 0) is 4.74 Å². The number of carbonyl (C=O) groups is 1. The van der Waals surface area contributed by atoms with Gasteiger partial charge in [0.15, 0.2) is 0 Å². The van der Waals surface area contributed by atoms with Gasteiger partial charge in [-0.2, -0.15) is 0 Å². The largest absolute Gasteiger partial charge is 0.459 e. The van der Waals surface area contributed by atoms with Crippen molar-refractivity contribution < 1.29 is 9.53 Å². The molecule has 1 unspecified atom stereocenters. The van der Waals surface area contributed by atoms with Gasteiger partial charge in [-0.15, -0.1) is 0 Å². The van der Waals surface area contributed by atoms with E-state index in [4.69, 9.17) is 4.74 Å². The van der Waals surface area contributed by atoms with Gasteiger partial charge in [0.1, 0.15) is 0 Å². The van der Waals surface area contributed by atoms with Gasteiger partial charge >= 0.3 is 5.97 Å². The summed E-state index contributed by atoms with van der Waals surface area (Å²) < 4.78 is 5.18. The average molecular weight is 290 g/mol. The van der Waals surface area contributed by atoms with Crippen LogP contribution in [0.1, 0.15) is 44.5 Å². The van der Waals surface area contributed by atoms with Crippen LogP contribution in [0.2, 0.25) is 0 Å². The molecule has 4 heteroatoms. The molecule has 1 atom stereocenters. The number of hydrogen-bond donors (Lipinski definition) is 1. The predicted molar refractivity (Wildman–Crippen MR) is 85.7 cm³/mol. The highest BCUT2D eigenvalue weighted by atomic mass is 16.5. The molecule has 0 amide bonds. The van der Waals surface area contributed by atoms with Crippen molar-refractivity contribution in [3.8, 4) is 0 Å². The fourth-order valence-electron chi connectivity index (χ4n) is 2.59. The molecule has 1 fully saturated rings. The van der Waals surface area contributed by atoms with E-state index in [-0.39, 0.29) is 12.1 Å². The molecule has 1 aromatic rings. The smallest absolute Gasteiger partial charge is 0.338 e. The number of hydrogen-bond acceptors (Lipinski definition) is 4. The molecule has 4 nitrogen and oxygen atoms in total. The highest BCUT2D eigenvalue weighted by molar-refractivity contribution is 5.89. The van der Waals surface area contributed by atoms with Crippen molar-refractivity contribution in [1.82, 2.24) is 4.90 Å². The highest BCUT2D eigenvalue weighted by Crippen LogP contribution is 2.18. The third-order valence-electron chi connectivity index (χ3n) is 3.78. The van der Waals surface area contributed by atoms with E-state index < -0.39 is 0 Å². The van der Waals surface area contributed by atoms with Crippen LogP contribution >= 0.6 is 0 Å². The molecule has 0 aliphatic carbocycles. The van der Waals surface area contributed by atoms with Gasteiger partial charge in [-0.25, -0.2) is 4.79 Å². The second-order valence-electron chi connectivity index (χ2n) is 6.25. The molecule has 1 heterocycles. The van der Waals surface area contributed by atoms with Crippen molar-refractivity contribution in [3.05, 3.63) is 29.8 Å². The van der Waals surface area contributed by atoms with Crippen LogP contribution in [0, 0.1) is 0 Å².